The van der Waals surface area contributed by atoms with Gasteiger partial charge in [0.2, 0.25) is 0 Å². The zero-order valence-electron chi connectivity index (χ0n) is 14.5. The van der Waals surface area contributed by atoms with Gasteiger partial charge >= 0.3 is 0 Å². The van der Waals surface area contributed by atoms with Gasteiger partial charge < -0.3 is 9.47 Å². The molecule has 1 unspecified atom stereocenters. The van der Waals surface area contributed by atoms with Crippen LogP contribution in [0.2, 0.25) is 0 Å². The van der Waals surface area contributed by atoms with Crippen LogP contribution in [0.15, 0.2) is 36.4 Å². The van der Waals surface area contributed by atoms with Gasteiger partial charge in [0.25, 0.3) is 0 Å². The van der Waals surface area contributed by atoms with Crippen molar-refractivity contribution in [3.63, 3.8) is 0 Å². The van der Waals surface area contributed by atoms with Gasteiger partial charge in [0.05, 0.1) is 19.8 Å². The molecular weight excluding hydrogens is 303 g/mol. The number of unbranched alkanes of at least 4 members (excludes halogenated alkanes) is 2. The quantitative estimate of drug-likeness (QED) is 0.492. The third kappa shape index (κ3) is 3.96. The van der Waals surface area contributed by atoms with Gasteiger partial charge in [-0.1, -0.05) is 56.2 Å². The van der Waals surface area contributed by atoms with Crippen LogP contribution in [0.5, 0.6) is 5.75 Å². The number of halogens is 1. The van der Waals surface area contributed by atoms with Gasteiger partial charge in [0.15, 0.2) is 11.6 Å². The van der Waals surface area contributed by atoms with Gasteiger partial charge in [-0.15, -0.1) is 0 Å². The second-order valence-corrected chi connectivity index (χ2v) is 6.43. The number of ether oxygens (including phenoxy) is 2. The van der Waals surface area contributed by atoms with Crippen molar-refractivity contribution in [1.82, 2.24) is 0 Å². The summed E-state index contributed by atoms with van der Waals surface area (Å²) in [5, 5.41) is 0. The lowest BCUT2D eigenvalue weighted by Crippen LogP contribution is -2.01. The number of benzene rings is 2. The molecule has 1 fully saturated rings. The Balaban J connectivity index is 1.80. The Morgan fingerprint density at radius 2 is 1.88 bits per heavy atom. The molecule has 1 aliphatic rings. The standard InChI is InChI=1S/C21H25FO2/c1-3-4-5-6-15-7-9-16(10-8-15)19-12-11-17(13-18-14-24-18)21(23-2)20(19)22/h7-12,18H,3-6,13-14H2,1-2H3. The molecule has 3 heteroatoms. The summed E-state index contributed by atoms with van der Waals surface area (Å²) in [6.45, 7) is 2.96. The predicted molar refractivity (Wildman–Crippen MR) is 95.1 cm³/mol. The summed E-state index contributed by atoms with van der Waals surface area (Å²) in [5.41, 5.74) is 3.66. The summed E-state index contributed by atoms with van der Waals surface area (Å²) < 4.78 is 25.4. The third-order valence-electron chi connectivity index (χ3n) is 4.57. The first-order valence-corrected chi connectivity index (χ1v) is 8.79. The molecule has 2 nitrogen and oxygen atoms in total. The first kappa shape index (κ1) is 17.0. The van der Waals surface area contributed by atoms with Crippen LogP contribution in [-0.2, 0) is 17.6 Å². The maximum atomic E-state index is 14.9. The van der Waals surface area contributed by atoms with E-state index in [2.05, 4.69) is 19.1 Å². The van der Waals surface area contributed by atoms with Crippen molar-refractivity contribution in [3.8, 4) is 16.9 Å². The van der Waals surface area contributed by atoms with Crippen molar-refractivity contribution < 1.29 is 13.9 Å². The number of hydrogen-bond donors (Lipinski definition) is 0. The summed E-state index contributed by atoms with van der Waals surface area (Å²) in [6.07, 6.45) is 5.68. The molecule has 128 valence electrons. The Morgan fingerprint density at radius 1 is 1.12 bits per heavy atom. The maximum absolute atomic E-state index is 14.9. The Morgan fingerprint density at radius 3 is 2.50 bits per heavy atom. The first-order valence-electron chi connectivity index (χ1n) is 8.79. The van der Waals surface area contributed by atoms with Gasteiger partial charge in [-0.05, 0) is 29.5 Å². The van der Waals surface area contributed by atoms with Crippen molar-refractivity contribution in [1.29, 1.82) is 0 Å². The average molecular weight is 328 g/mol. The Labute approximate surface area is 143 Å². The summed E-state index contributed by atoms with van der Waals surface area (Å²) >= 11 is 0. The van der Waals surface area contributed by atoms with Crippen LogP contribution in [0.25, 0.3) is 11.1 Å². The highest BCUT2D eigenvalue weighted by atomic mass is 19.1. The van der Waals surface area contributed by atoms with Crippen molar-refractivity contribution >= 4 is 0 Å². The zero-order valence-corrected chi connectivity index (χ0v) is 14.5. The molecule has 0 bridgehead atoms. The molecule has 3 rings (SSSR count). The lowest BCUT2D eigenvalue weighted by molar-refractivity contribution is 0.373. The third-order valence-corrected chi connectivity index (χ3v) is 4.57. The predicted octanol–water partition coefficient (Wildman–Crippen LogP) is 5.18. The van der Waals surface area contributed by atoms with E-state index in [0.717, 1.165) is 24.2 Å². The minimum absolute atomic E-state index is 0.214. The van der Waals surface area contributed by atoms with Gasteiger partial charge in [0.1, 0.15) is 0 Å². The number of aryl methyl sites for hydroxylation is 1. The highest BCUT2D eigenvalue weighted by Crippen LogP contribution is 2.34. The minimum atomic E-state index is -0.283. The molecule has 1 saturated heterocycles. The van der Waals surface area contributed by atoms with Crippen molar-refractivity contribution in [2.24, 2.45) is 0 Å². The van der Waals surface area contributed by atoms with Crippen LogP contribution in [0, 0.1) is 5.82 Å². The van der Waals surface area contributed by atoms with Gasteiger partial charge in [-0.3, -0.25) is 0 Å². The highest BCUT2D eigenvalue weighted by molar-refractivity contribution is 5.67. The van der Waals surface area contributed by atoms with E-state index in [1.54, 1.807) is 0 Å². The molecule has 1 atom stereocenters. The van der Waals surface area contributed by atoms with E-state index >= 15 is 0 Å². The van der Waals surface area contributed by atoms with Gasteiger partial charge in [-0.25, -0.2) is 4.39 Å². The van der Waals surface area contributed by atoms with E-state index < -0.39 is 0 Å². The lowest BCUT2D eigenvalue weighted by atomic mass is 9.98. The van der Waals surface area contributed by atoms with Crippen molar-refractivity contribution in [2.45, 2.75) is 45.1 Å². The summed E-state index contributed by atoms with van der Waals surface area (Å²) in [7, 11) is 1.52. The SMILES string of the molecule is CCCCCc1ccc(-c2ccc(CC3CO3)c(OC)c2F)cc1. The lowest BCUT2D eigenvalue weighted by Gasteiger charge is -2.13. The van der Waals surface area contributed by atoms with Gasteiger partial charge in [0, 0.05) is 12.0 Å². The number of methoxy groups -OCH3 is 1. The van der Waals surface area contributed by atoms with Gasteiger partial charge in [-0.2, -0.15) is 0 Å². The molecule has 0 radical (unpaired) electrons. The fourth-order valence-electron chi connectivity index (χ4n) is 3.06. The molecule has 1 aliphatic heterocycles. The van der Waals surface area contributed by atoms with E-state index in [1.165, 1.54) is 31.9 Å². The summed E-state index contributed by atoms with van der Waals surface area (Å²) in [5.74, 6) is 0.0596. The maximum Gasteiger partial charge on any atom is 0.173 e. The fraction of sp³-hybridized carbons (Fsp3) is 0.429. The van der Waals surface area contributed by atoms with E-state index in [0.29, 0.717) is 17.7 Å². The second kappa shape index (κ2) is 7.80. The largest absolute Gasteiger partial charge is 0.493 e. The van der Waals surface area contributed by atoms with Crippen LogP contribution in [0.4, 0.5) is 4.39 Å². The monoisotopic (exact) mass is 328 g/mol. The minimum Gasteiger partial charge on any atom is -0.493 e. The molecule has 24 heavy (non-hydrogen) atoms. The second-order valence-electron chi connectivity index (χ2n) is 6.43. The van der Waals surface area contributed by atoms with E-state index in [4.69, 9.17) is 9.47 Å². The van der Waals surface area contributed by atoms with Crippen LogP contribution in [-0.4, -0.2) is 19.8 Å². The van der Waals surface area contributed by atoms with Crippen LogP contribution >= 0.6 is 0 Å². The Hall–Kier alpha value is -1.87. The van der Waals surface area contributed by atoms with Crippen LogP contribution in [0.3, 0.4) is 0 Å². The van der Waals surface area contributed by atoms with Crippen LogP contribution < -0.4 is 4.74 Å². The molecule has 0 aliphatic carbocycles. The van der Waals surface area contributed by atoms with E-state index in [-0.39, 0.29) is 11.9 Å². The summed E-state index contributed by atoms with van der Waals surface area (Å²) in [6, 6.07) is 12.0. The van der Waals surface area contributed by atoms with E-state index in [1.807, 2.05) is 24.3 Å². The molecule has 1 heterocycles. The van der Waals surface area contributed by atoms with E-state index in [9.17, 15) is 4.39 Å². The molecule has 0 N–H and O–H groups in total. The zero-order chi connectivity index (χ0) is 16.9. The fourth-order valence-corrected chi connectivity index (χ4v) is 3.06. The summed E-state index contributed by atoms with van der Waals surface area (Å²) in [4.78, 5) is 0. The normalized spacial score (nSPS) is 16.2. The topological polar surface area (TPSA) is 21.8 Å². The van der Waals surface area contributed by atoms with Crippen molar-refractivity contribution in [3.05, 3.63) is 53.3 Å². The number of hydrogen-bond acceptors (Lipinski definition) is 2. The molecule has 0 aromatic heterocycles. The number of epoxide rings is 1. The highest BCUT2D eigenvalue weighted by Gasteiger charge is 2.26. The molecule has 0 spiro atoms. The van der Waals surface area contributed by atoms with Crippen LogP contribution in [0.1, 0.15) is 37.3 Å². The first-order chi connectivity index (χ1) is 11.7. The van der Waals surface area contributed by atoms with Crippen molar-refractivity contribution in [2.75, 3.05) is 13.7 Å². The molecule has 2 aromatic rings. The average Bonchev–Trinajstić information content (AvgIpc) is 3.40. The number of rotatable bonds is 8. The Bertz CT molecular complexity index is 675. The molecular formula is C21H25FO2. The molecule has 0 amide bonds. The Kier molecular flexibility index (Phi) is 5.52. The molecule has 0 saturated carbocycles. The smallest absolute Gasteiger partial charge is 0.173 e. The molecule has 2 aromatic carbocycles.